The number of azo groups is 1. The number of aromatic amines is 1. The van der Waals surface area contributed by atoms with E-state index in [1.807, 2.05) is 37.3 Å². The Morgan fingerprint density at radius 3 is 2.71 bits per heavy atom. The van der Waals surface area contributed by atoms with Crippen LogP contribution in [0.1, 0.15) is 22.3 Å². The molecule has 1 amide bonds. The molecule has 3 aromatic rings. The van der Waals surface area contributed by atoms with Crippen molar-refractivity contribution in [3.63, 3.8) is 0 Å². The smallest absolute Gasteiger partial charge is 0.262 e. The normalized spacial score (nSPS) is 16.8. The van der Waals surface area contributed by atoms with Crippen molar-refractivity contribution in [2.24, 2.45) is 15.2 Å². The summed E-state index contributed by atoms with van der Waals surface area (Å²) in [6.45, 7) is 1.95. The van der Waals surface area contributed by atoms with Gasteiger partial charge in [-0.2, -0.15) is 4.99 Å². The molecule has 0 bridgehead atoms. The highest BCUT2D eigenvalue weighted by atomic mass is 32.2. The van der Waals surface area contributed by atoms with E-state index < -0.39 is 11.2 Å². The minimum Gasteiger partial charge on any atom is -0.493 e. The fourth-order valence-electron chi connectivity index (χ4n) is 2.88. The van der Waals surface area contributed by atoms with Crippen molar-refractivity contribution < 1.29 is 14.7 Å². The summed E-state index contributed by atoms with van der Waals surface area (Å²) in [4.78, 5) is 31.2. The van der Waals surface area contributed by atoms with Crippen molar-refractivity contribution in [3.8, 4) is 5.88 Å². The lowest BCUT2D eigenvalue weighted by Gasteiger charge is -2.05. The molecule has 0 aliphatic carbocycles. The van der Waals surface area contributed by atoms with Crippen LogP contribution in [0.5, 0.6) is 5.88 Å². The van der Waals surface area contributed by atoms with E-state index in [1.54, 1.807) is 18.2 Å². The monoisotopic (exact) mass is 392 g/mol. The summed E-state index contributed by atoms with van der Waals surface area (Å²) in [5.41, 5.74) is 2.64. The molecular weight excluding hydrogens is 376 g/mol. The molecule has 2 N–H and O–H groups in total. The summed E-state index contributed by atoms with van der Waals surface area (Å²) in [6, 6.07) is 14.5. The summed E-state index contributed by atoms with van der Waals surface area (Å²) in [5.74, 6) is -0.623. The van der Waals surface area contributed by atoms with Gasteiger partial charge < -0.3 is 10.1 Å². The topological polar surface area (TPSA) is 107 Å². The second-order valence-corrected chi connectivity index (χ2v) is 7.57. The van der Waals surface area contributed by atoms with Crippen molar-refractivity contribution in [2.75, 3.05) is 0 Å². The number of thioether (sulfide) groups is 1. The van der Waals surface area contributed by atoms with Crippen molar-refractivity contribution in [1.82, 2.24) is 4.98 Å². The molecule has 1 aliphatic rings. The second kappa shape index (κ2) is 7.40. The number of carbonyl (C=O) groups excluding carboxylic acids is 2. The first-order valence-electron chi connectivity index (χ1n) is 8.62. The molecule has 0 saturated heterocycles. The summed E-state index contributed by atoms with van der Waals surface area (Å²) >= 11 is 1.11. The Morgan fingerprint density at radius 1 is 1.18 bits per heavy atom. The Bertz CT molecular complexity index is 1130. The molecule has 0 fully saturated rings. The lowest BCUT2D eigenvalue weighted by Crippen LogP contribution is -2.16. The molecule has 140 valence electrons. The van der Waals surface area contributed by atoms with Crippen LogP contribution in [-0.4, -0.2) is 32.2 Å². The zero-order valence-electron chi connectivity index (χ0n) is 14.9. The standard InChI is InChI=1S/C20H16N4O3S/c1-11-6-8-12(9-7-11)15(25)10-16-18(26)22-20(28-16)24-23-17-13-4-2-3-5-14(13)21-19(17)27/h2-9,16,21,27H,10H2,1H3. The number of hydrogen-bond donors (Lipinski definition) is 2. The quantitative estimate of drug-likeness (QED) is 0.502. The first kappa shape index (κ1) is 18.1. The second-order valence-electron chi connectivity index (χ2n) is 6.40. The summed E-state index contributed by atoms with van der Waals surface area (Å²) in [5, 5.41) is 18.3. The van der Waals surface area contributed by atoms with Gasteiger partial charge >= 0.3 is 0 Å². The van der Waals surface area contributed by atoms with E-state index in [0.717, 1.165) is 22.8 Å². The summed E-state index contributed by atoms with van der Waals surface area (Å²) in [7, 11) is 0. The maximum absolute atomic E-state index is 12.4. The maximum Gasteiger partial charge on any atom is 0.262 e. The molecule has 28 heavy (non-hydrogen) atoms. The van der Waals surface area contributed by atoms with Gasteiger partial charge in [0.05, 0.1) is 5.52 Å². The number of amides is 1. The lowest BCUT2D eigenvalue weighted by molar-refractivity contribution is -0.117. The number of benzene rings is 2. The van der Waals surface area contributed by atoms with Crippen LogP contribution in [0.3, 0.4) is 0 Å². The third-order valence-electron chi connectivity index (χ3n) is 4.37. The molecular formula is C20H16N4O3S. The van der Waals surface area contributed by atoms with Crippen molar-refractivity contribution in [3.05, 3.63) is 59.7 Å². The number of rotatable bonds is 4. The third kappa shape index (κ3) is 3.59. The van der Waals surface area contributed by atoms with E-state index >= 15 is 0 Å². The molecule has 0 saturated carbocycles. The molecule has 4 rings (SSSR count). The number of aryl methyl sites for hydroxylation is 1. The van der Waals surface area contributed by atoms with Gasteiger partial charge in [-0.1, -0.05) is 59.8 Å². The number of ketones is 1. The molecule has 8 heteroatoms. The van der Waals surface area contributed by atoms with Gasteiger partial charge in [-0.05, 0) is 13.0 Å². The predicted molar refractivity (Wildman–Crippen MR) is 108 cm³/mol. The number of aromatic nitrogens is 1. The molecule has 7 nitrogen and oxygen atoms in total. The number of nitrogens with one attached hydrogen (secondary N) is 1. The van der Waals surface area contributed by atoms with Crippen LogP contribution in [0.4, 0.5) is 5.69 Å². The predicted octanol–water partition coefficient (Wildman–Crippen LogP) is 4.54. The van der Waals surface area contributed by atoms with E-state index in [1.165, 1.54) is 0 Å². The lowest BCUT2D eigenvalue weighted by atomic mass is 10.0. The number of para-hydroxylation sites is 1. The summed E-state index contributed by atoms with van der Waals surface area (Å²) < 4.78 is 0. The Kier molecular flexibility index (Phi) is 4.79. The molecule has 1 aromatic heterocycles. The van der Waals surface area contributed by atoms with Gasteiger partial charge in [0.25, 0.3) is 5.91 Å². The van der Waals surface area contributed by atoms with E-state index in [-0.39, 0.29) is 28.9 Å². The van der Waals surface area contributed by atoms with E-state index in [9.17, 15) is 14.7 Å². The van der Waals surface area contributed by atoms with Crippen LogP contribution in [0.2, 0.25) is 0 Å². The first-order valence-corrected chi connectivity index (χ1v) is 9.49. The van der Waals surface area contributed by atoms with Crippen LogP contribution >= 0.6 is 11.8 Å². The number of Topliss-reactive ketones (excluding diaryl/α,β-unsaturated/α-hetero) is 1. The first-order chi connectivity index (χ1) is 13.5. The van der Waals surface area contributed by atoms with Gasteiger partial charge in [0.2, 0.25) is 11.0 Å². The highest BCUT2D eigenvalue weighted by Crippen LogP contribution is 2.36. The molecule has 0 spiro atoms. The molecule has 1 aliphatic heterocycles. The van der Waals surface area contributed by atoms with E-state index in [2.05, 4.69) is 20.2 Å². The number of aromatic hydroxyl groups is 1. The van der Waals surface area contributed by atoms with Crippen LogP contribution in [0.15, 0.2) is 63.8 Å². The zero-order chi connectivity index (χ0) is 19.7. The fourth-order valence-corrected chi connectivity index (χ4v) is 3.75. The Balaban J connectivity index is 1.46. The van der Waals surface area contributed by atoms with Crippen LogP contribution in [0.25, 0.3) is 10.9 Å². The summed E-state index contributed by atoms with van der Waals surface area (Å²) in [6.07, 6.45) is 0.0490. The molecule has 2 heterocycles. The maximum atomic E-state index is 12.4. The average molecular weight is 392 g/mol. The van der Waals surface area contributed by atoms with Crippen LogP contribution in [-0.2, 0) is 4.79 Å². The average Bonchev–Trinajstić information content (AvgIpc) is 3.19. The van der Waals surface area contributed by atoms with Crippen molar-refractivity contribution in [1.29, 1.82) is 0 Å². The number of hydrogen-bond acceptors (Lipinski definition) is 6. The molecule has 1 unspecified atom stereocenters. The van der Waals surface area contributed by atoms with Crippen molar-refractivity contribution in [2.45, 2.75) is 18.6 Å². The van der Waals surface area contributed by atoms with Gasteiger partial charge in [-0.3, -0.25) is 9.59 Å². The molecule has 0 radical (unpaired) electrons. The number of nitrogens with zero attached hydrogens (tertiary/aromatic N) is 3. The van der Waals surface area contributed by atoms with Gasteiger partial charge in [-0.25, -0.2) is 0 Å². The van der Waals surface area contributed by atoms with Gasteiger partial charge in [0.15, 0.2) is 11.5 Å². The molecule has 2 aromatic carbocycles. The van der Waals surface area contributed by atoms with Gasteiger partial charge in [0.1, 0.15) is 5.25 Å². The zero-order valence-corrected chi connectivity index (χ0v) is 15.7. The Labute approximate surface area is 164 Å². The Hall–Kier alpha value is -3.26. The number of amidine groups is 1. The largest absolute Gasteiger partial charge is 0.493 e. The van der Waals surface area contributed by atoms with Crippen molar-refractivity contribution >= 4 is 45.2 Å². The molecule has 1 atom stereocenters. The van der Waals surface area contributed by atoms with Gasteiger partial charge in [-0.15, -0.1) is 10.2 Å². The highest BCUT2D eigenvalue weighted by Gasteiger charge is 2.31. The highest BCUT2D eigenvalue weighted by molar-refractivity contribution is 8.15. The number of H-pyrrole nitrogens is 1. The minimum absolute atomic E-state index is 0.0490. The fraction of sp³-hybridized carbons (Fsp3) is 0.150. The van der Waals surface area contributed by atoms with E-state index in [4.69, 9.17) is 0 Å². The Morgan fingerprint density at radius 2 is 1.93 bits per heavy atom. The number of fused-ring (bicyclic) bond motifs is 1. The van der Waals surface area contributed by atoms with E-state index in [0.29, 0.717) is 10.9 Å². The van der Waals surface area contributed by atoms with Crippen LogP contribution in [0, 0.1) is 6.92 Å². The number of carbonyl (C=O) groups is 2. The SMILES string of the molecule is Cc1ccc(C(=O)CC2SC(N=Nc3c(O)[nH]c4ccccc34)=NC2=O)cc1. The minimum atomic E-state index is -0.612. The van der Waals surface area contributed by atoms with Gasteiger partial charge in [0, 0.05) is 17.4 Å². The number of aliphatic imine (C=N–C) groups is 1. The van der Waals surface area contributed by atoms with Crippen LogP contribution < -0.4 is 0 Å². The third-order valence-corrected chi connectivity index (χ3v) is 5.40.